The van der Waals surface area contributed by atoms with Crippen molar-refractivity contribution in [3.63, 3.8) is 0 Å². The van der Waals surface area contributed by atoms with Crippen LogP contribution in [0.25, 0.3) is 0 Å². The zero-order chi connectivity index (χ0) is 28.3. The molecule has 2 atom stereocenters. The number of ether oxygens (including phenoxy) is 1. The number of carbonyl (C=O) groups excluding carboxylic acids is 2. The number of halogens is 2. The monoisotopic (exact) mass is 579 g/mol. The molecule has 1 heterocycles. The topological polar surface area (TPSA) is 61.9 Å². The Hall–Kier alpha value is -3.06. The van der Waals surface area contributed by atoms with E-state index in [1.165, 1.54) is 7.11 Å². The molecule has 5 rings (SSSR count). The van der Waals surface area contributed by atoms with E-state index in [4.69, 9.17) is 27.9 Å². The molecule has 2 aliphatic rings. The molecule has 8 heteroatoms. The van der Waals surface area contributed by atoms with Gasteiger partial charge < -0.3 is 19.9 Å². The van der Waals surface area contributed by atoms with Crippen molar-refractivity contribution < 1.29 is 14.3 Å². The van der Waals surface area contributed by atoms with Gasteiger partial charge in [0.2, 0.25) is 5.91 Å². The molecule has 40 heavy (non-hydrogen) atoms. The van der Waals surface area contributed by atoms with E-state index >= 15 is 0 Å². The van der Waals surface area contributed by atoms with Crippen molar-refractivity contribution >= 4 is 35.2 Å². The van der Waals surface area contributed by atoms with E-state index in [9.17, 15) is 9.59 Å². The highest BCUT2D eigenvalue weighted by Gasteiger charge is 2.62. The fourth-order valence-corrected chi connectivity index (χ4v) is 6.55. The molecule has 3 aromatic rings. The SMILES string of the molecule is COC(=O)NC1(c2ccccc2)CCN(C[C@H]2C[C@]2(C(=O)N(C)Cc2ccccc2)c2ccc(Cl)c(Cl)c2)CC1. The van der Waals surface area contributed by atoms with Gasteiger partial charge in [-0.05, 0) is 54.0 Å². The lowest BCUT2D eigenvalue weighted by atomic mass is 9.80. The minimum Gasteiger partial charge on any atom is -0.453 e. The van der Waals surface area contributed by atoms with Gasteiger partial charge in [-0.3, -0.25) is 4.79 Å². The van der Waals surface area contributed by atoms with Crippen LogP contribution in [0.1, 0.15) is 36.0 Å². The first-order valence-electron chi connectivity index (χ1n) is 13.7. The predicted molar refractivity (Wildman–Crippen MR) is 158 cm³/mol. The number of nitrogens with zero attached hydrogens (tertiary/aromatic N) is 2. The summed E-state index contributed by atoms with van der Waals surface area (Å²) in [5.41, 5.74) is 1.96. The molecule has 2 amide bonds. The summed E-state index contributed by atoms with van der Waals surface area (Å²) in [6.07, 6.45) is 1.83. The van der Waals surface area contributed by atoms with Crippen molar-refractivity contribution in [3.8, 4) is 0 Å². The highest BCUT2D eigenvalue weighted by atomic mass is 35.5. The molecule has 0 aromatic heterocycles. The minimum atomic E-state index is -0.643. The third-order valence-electron chi connectivity index (χ3n) is 8.57. The fraction of sp³-hybridized carbons (Fsp3) is 0.375. The largest absolute Gasteiger partial charge is 0.453 e. The maximum absolute atomic E-state index is 14.1. The van der Waals surface area contributed by atoms with Crippen LogP contribution in [0, 0.1) is 5.92 Å². The van der Waals surface area contributed by atoms with Gasteiger partial charge in [0.25, 0.3) is 0 Å². The van der Waals surface area contributed by atoms with Crippen molar-refractivity contribution in [3.05, 3.63) is 106 Å². The second kappa shape index (κ2) is 11.8. The number of methoxy groups -OCH3 is 1. The first-order chi connectivity index (χ1) is 19.3. The summed E-state index contributed by atoms with van der Waals surface area (Å²) < 4.78 is 4.96. The molecular weight excluding hydrogens is 545 g/mol. The standard InChI is InChI=1S/C32H35Cl2N3O3/c1-36(21-23-9-5-3-6-10-23)29(38)32(25-13-14-27(33)28(34)19-25)20-26(32)22-37-17-15-31(16-18-37,35-30(39)40-2)24-11-7-4-8-12-24/h3-14,19,26H,15-18,20-22H2,1-2H3,(H,35,39)/t26-,32+/m1/s1. The molecule has 0 unspecified atom stereocenters. The Bertz CT molecular complexity index is 1350. The number of likely N-dealkylation sites (tertiary alicyclic amines) is 1. The van der Waals surface area contributed by atoms with E-state index in [2.05, 4.69) is 22.3 Å². The summed E-state index contributed by atoms with van der Waals surface area (Å²) in [6.45, 7) is 2.91. The van der Waals surface area contributed by atoms with Gasteiger partial charge in [0.15, 0.2) is 0 Å². The maximum Gasteiger partial charge on any atom is 0.407 e. The minimum absolute atomic E-state index is 0.0998. The smallest absolute Gasteiger partial charge is 0.407 e. The van der Waals surface area contributed by atoms with Crippen LogP contribution in [-0.4, -0.2) is 55.6 Å². The lowest BCUT2D eigenvalue weighted by molar-refractivity contribution is -0.133. The average Bonchev–Trinajstić information content (AvgIpc) is 3.70. The van der Waals surface area contributed by atoms with Crippen molar-refractivity contribution in [1.82, 2.24) is 15.1 Å². The molecule has 1 saturated heterocycles. The van der Waals surface area contributed by atoms with E-state index in [1.54, 1.807) is 6.07 Å². The number of likely N-dealkylation sites (N-methyl/N-ethyl adjacent to an activating group) is 1. The van der Waals surface area contributed by atoms with Crippen molar-refractivity contribution in [2.45, 2.75) is 36.8 Å². The molecular formula is C32H35Cl2N3O3. The van der Waals surface area contributed by atoms with Crippen LogP contribution in [-0.2, 0) is 27.0 Å². The molecule has 6 nitrogen and oxygen atoms in total. The fourth-order valence-electron chi connectivity index (χ4n) is 6.25. The molecule has 0 bridgehead atoms. The third-order valence-corrected chi connectivity index (χ3v) is 9.31. The summed E-state index contributed by atoms with van der Waals surface area (Å²) in [7, 11) is 3.27. The van der Waals surface area contributed by atoms with Crippen molar-refractivity contribution in [2.75, 3.05) is 33.8 Å². The van der Waals surface area contributed by atoms with Crippen LogP contribution in [0.2, 0.25) is 10.0 Å². The van der Waals surface area contributed by atoms with Crippen molar-refractivity contribution in [2.24, 2.45) is 5.92 Å². The van der Waals surface area contributed by atoms with E-state index < -0.39 is 17.0 Å². The van der Waals surface area contributed by atoms with E-state index in [0.717, 1.165) is 55.6 Å². The lowest BCUT2D eigenvalue weighted by Crippen LogP contribution is -2.53. The summed E-state index contributed by atoms with van der Waals surface area (Å²) in [5.74, 6) is 0.246. The van der Waals surface area contributed by atoms with Crippen LogP contribution in [0.3, 0.4) is 0 Å². The highest BCUT2D eigenvalue weighted by molar-refractivity contribution is 6.42. The quantitative estimate of drug-likeness (QED) is 0.342. The highest BCUT2D eigenvalue weighted by Crippen LogP contribution is 2.56. The third kappa shape index (κ3) is 5.71. The van der Waals surface area contributed by atoms with Gasteiger partial charge in [-0.1, -0.05) is 89.9 Å². The van der Waals surface area contributed by atoms with Gasteiger partial charge in [0.05, 0.1) is 28.1 Å². The van der Waals surface area contributed by atoms with Gasteiger partial charge in [0.1, 0.15) is 0 Å². The second-order valence-electron chi connectivity index (χ2n) is 11.0. The first kappa shape index (κ1) is 28.5. The van der Waals surface area contributed by atoms with Gasteiger partial charge in [-0.15, -0.1) is 0 Å². The Labute approximate surface area is 246 Å². The predicted octanol–water partition coefficient (Wildman–Crippen LogP) is 6.26. The summed E-state index contributed by atoms with van der Waals surface area (Å²) in [5, 5.41) is 4.06. The number of piperidine rings is 1. The number of alkyl carbamates (subject to hydrolysis) is 1. The second-order valence-corrected chi connectivity index (χ2v) is 11.8. The van der Waals surface area contributed by atoms with E-state index in [1.807, 2.05) is 72.6 Å². The molecule has 210 valence electrons. The molecule has 0 spiro atoms. The lowest BCUT2D eigenvalue weighted by Gasteiger charge is -2.42. The molecule has 1 saturated carbocycles. The number of carbonyl (C=O) groups is 2. The number of hydrogen-bond donors (Lipinski definition) is 1. The Balaban J connectivity index is 1.34. The molecule has 1 aliphatic heterocycles. The first-order valence-corrected chi connectivity index (χ1v) is 14.4. The molecule has 3 aromatic carbocycles. The summed E-state index contributed by atoms with van der Waals surface area (Å²) in [4.78, 5) is 30.6. The molecule has 0 radical (unpaired) electrons. The number of hydrogen-bond acceptors (Lipinski definition) is 4. The molecule has 1 N–H and O–H groups in total. The number of benzene rings is 3. The van der Waals surface area contributed by atoms with Crippen LogP contribution in [0.5, 0.6) is 0 Å². The Morgan fingerprint density at radius 2 is 1.60 bits per heavy atom. The Morgan fingerprint density at radius 3 is 2.23 bits per heavy atom. The summed E-state index contributed by atoms with van der Waals surface area (Å²) >= 11 is 12.7. The van der Waals surface area contributed by atoms with Crippen LogP contribution >= 0.6 is 23.2 Å². The number of nitrogens with one attached hydrogen (secondary N) is 1. The van der Waals surface area contributed by atoms with E-state index in [-0.39, 0.29) is 11.8 Å². The van der Waals surface area contributed by atoms with Gasteiger partial charge in [-0.25, -0.2) is 4.79 Å². The molecule has 2 fully saturated rings. The Kier molecular flexibility index (Phi) is 8.41. The van der Waals surface area contributed by atoms with Crippen LogP contribution in [0.15, 0.2) is 78.9 Å². The van der Waals surface area contributed by atoms with Crippen LogP contribution in [0.4, 0.5) is 4.79 Å². The van der Waals surface area contributed by atoms with Crippen molar-refractivity contribution in [1.29, 1.82) is 0 Å². The van der Waals surface area contributed by atoms with Gasteiger partial charge in [-0.2, -0.15) is 0 Å². The summed E-state index contributed by atoms with van der Waals surface area (Å²) in [6, 6.07) is 25.7. The zero-order valence-corrected chi connectivity index (χ0v) is 24.4. The number of amides is 2. The normalized spacial score (nSPS) is 21.9. The average molecular weight is 581 g/mol. The number of rotatable bonds is 8. The van der Waals surface area contributed by atoms with Gasteiger partial charge in [0, 0.05) is 33.2 Å². The Morgan fingerprint density at radius 1 is 0.950 bits per heavy atom. The maximum atomic E-state index is 14.1. The zero-order valence-electron chi connectivity index (χ0n) is 22.9. The van der Waals surface area contributed by atoms with E-state index in [0.29, 0.717) is 16.6 Å². The molecule has 1 aliphatic carbocycles. The van der Waals surface area contributed by atoms with Crippen LogP contribution < -0.4 is 5.32 Å². The van der Waals surface area contributed by atoms with Gasteiger partial charge >= 0.3 is 6.09 Å².